The fraction of sp³-hybridized carbons (Fsp3) is 0.385. The van der Waals surface area contributed by atoms with E-state index in [1.807, 2.05) is 18.2 Å². The van der Waals surface area contributed by atoms with Crippen LogP contribution in [-0.2, 0) is 0 Å². The van der Waals surface area contributed by atoms with E-state index in [2.05, 4.69) is 25.6 Å². The zero-order valence-electron chi connectivity index (χ0n) is 8.69. The van der Waals surface area contributed by atoms with E-state index >= 15 is 0 Å². The van der Waals surface area contributed by atoms with Crippen LogP contribution in [0.5, 0.6) is 0 Å². The Balaban J connectivity index is 2.76. The average molecular weight is 190 g/mol. The number of aliphatic hydroxyl groups is 1. The molecule has 14 heavy (non-hydrogen) atoms. The van der Waals surface area contributed by atoms with E-state index in [9.17, 15) is 5.11 Å². The molecule has 1 aromatic carbocycles. The molecule has 0 aliphatic carbocycles. The van der Waals surface area contributed by atoms with Gasteiger partial charge >= 0.3 is 0 Å². The van der Waals surface area contributed by atoms with Gasteiger partial charge in [0, 0.05) is 5.92 Å². The van der Waals surface area contributed by atoms with E-state index < -0.39 is 0 Å². The van der Waals surface area contributed by atoms with E-state index in [1.165, 1.54) is 5.56 Å². The second kappa shape index (κ2) is 5.61. The van der Waals surface area contributed by atoms with Crippen molar-refractivity contribution in [2.75, 3.05) is 0 Å². The first-order chi connectivity index (χ1) is 6.79. The zero-order valence-corrected chi connectivity index (χ0v) is 8.69. The zero-order chi connectivity index (χ0) is 10.4. The summed E-state index contributed by atoms with van der Waals surface area (Å²) in [6.45, 7) is 5.75. The summed E-state index contributed by atoms with van der Waals surface area (Å²) in [5.74, 6) is 0.231. The lowest BCUT2D eigenvalue weighted by Crippen LogP contribution is -2.16. The highest BCUT2D eigenvalue weighted by atomic mass is 16.3. The quantitative estimate of drug-likeness (QED) is 0.707. The van der Waals surface area contributed by atoms with Crippen molar-refractivity contribution in [3.05, 3.63) is 48.6 Å². The second-order valence-corrected chi connectivity index (χ2v) is 3.52. The summed E-state index contributed by atoms with van der Waals surface area (Å²) in [7, 11) is 0. The third-order valence-electron chi connectivity index (χ3n) is 2.54. The van der Waals surface area contributed by atoms with Gasteiger partial charge in [-0.25, -0.2) is 0 Å². The molecule has 2 atom stereocenters. The molecule has 0 spiro atoms. The van der Waals surface area contributed by atoms with Gasteiger partial charge in [0.25, 0.3) is 0 Å². The molecule has 0 saturated heterocycles. The van der Waals surface area contributed by atoms with Crippen molar-refractivity contribution in [2.24, 2.45) is 0 Å². The number of benzene rings is 1. The first-order valence-electron chi connectivity index (χ1n) is 5.13. The third kappa shape index (κ3) is 2.71. The molecule has 1 heteroatoms. The Morgan fingerprint density at radius 3 is 2.50 bits per heavy atom. The smallest absolute Gasteiger partial charge is 0.0642 e. The van der Waals surface area contributed by atoms with Crippen LogP contribution >= 0.6 is 0 Å². The van der Waals surface area contributed by atoms with Crippen LogP contribution in [-0.4, -0.2) is 11.2 Å². The van der Waals surface area contributed by atoms with E-state index in [1.54, 1.807) is 6.08 Å². The lowest BCUT2D eigenvalue weighted by molar-refractivity contribution is 0.143. The monoisotopic (exact) mass is 190 g/mol. The summed E-state index contributed by atoms with van der Waals surface area (Å²) in [4.78, 5) is 0. The molecule has 0 heterocycles. The molecule has 0 bridgehead atoms. The molecule has 0 radical (unpaired) electrons. The Labute approximate surface area is 86.1 Å². The first kappa shape index (κ1) is 11.0. The maximum atomic E-state index is 9.89. The summed E-state index contributed by atoms with van der Waals surface area (Å²) in [5.41, 5.74) is 1.21. The lowest BCUT2D eigenvalue weighted by Gasteiger charge is -2.20. The number of hydrogen-bond donors (Lipinski definition) is 1. The Hall–Kier alpha value is -1.08. The van der Waals surface area contributed by atoms with Crippen molar-refractivity contribution >= 4 is 0 Å². The molecule has 76 valence electrons. The van der Waals surface area contributed by atoms with Gasteiger partial charge in [-0.15, -0.1) is 6.58 Å². The van der Waals surface area contributed by atoms with Crippen molar-refractivity contribution in [1.29, 1.82) is 0 Å². The highest BCUT2D eigenvalue weighted by Gasteiger charge is 2.17. The van der Waals surface area contributed by atoms with Crippen molar-refractivity contribution in [2.45, 2.75) is 31.8 Å². The summed E-state index contributed by atoms with van der Waals surface area (Å²) in [5, 5.41) is 9.89. The molecule has 1 aromatic rings. The molecule has 0 fully saturated rings. The van der Waals surface area contributed by atoms with Gasteiger partial charge in [-0.3, -0.25) is 0 Å². The predicted molar refractivity (Wildman–Crippen MR) is 60.3 cm³/mol. The minimum atomic E-state index is -0.306. The van der Waals surface area contributed by atoms with Gasteiger partial charge in [0.2, 0.25) is 0 Å². The first-order valence-corrected chi connectivity index (χ1v) is 5.13. The summed E-state index contributed by atoms with van der Waals surface area (Å²) in [6.07, 6.45) is 3.09. The van der Waals surface area contributed by atoms with E-state index in [0.29, 0.717) is 6.42 Å². The molecule has 1 rings (SSSR count). The third-order valence-corrected chi connectivity index (χ3v) is 2.54. The van der Waals surface area contributed by atoms with Crippen LogP contribution in [0.2, 0.25) is 0 Å². The average Bonchev–Trinajstić information content (AvgIpc) is 2.21. The number of aliphatic hydroxyl groups excluding tert-OH is 1. The van der Waals surface area contributed by atoms with Crippen molar-refractivity contribution in [3.8, 4) is 0 Å². The molecule has 1 N–H and O–H groups in total. The van der Waals surface area contributed by atoms with Gasteiger partial charge in [-0.05, 0) is 18.4 Å². The Kier molecular flexibility index (Phi) is 4.41. The topological polar surface area (TPSA) is 20.2 Å². The lowest BCUT2D eigenvalue weighted by atomic mass is 9.89. The van der Waals surface area contributed by atoms with Crippen LogP contribution in [0.4, 0.5) is 0 Å². The minimum Gasteiger partial charge on any atom is -0.392 e. The van der Waals surface area contributed by atoms with Gasteiger partial charge in [-0.1, -0.05) is 43.3 Å². The minimum absolute atomic E-state index is 0.231. The van der Waals surface area contributed by atoms with Crippen LogP contribution < -0.4 is 0 Å². The normalized spacial score (nSPS) is 14.7. The molecule has 0 saturated carbocycles. The van der Waals surface area contributed by atoms with E-state index in [4.69, 9.17) is 0 Å². The SMILES string of the molecule is C=CC[C@@H](O)[C@H](CC)c1ccccc1. The fourth-order valence-electron chi connectivity index (χ4n) is 1.77. The maximum Gasteiger partial charge on any atom is 0.0642 e. The largest absolute Gasteiger partial charge is 0.392 e. The molecule has 0 aliphatic heterocycles. The van der Waals surface area contributed by atoms with Crippen molar-refractivity contribution in [1.82, 2.24) is 0 Å². The van der Waals surface area contributed by atoms with Crippen molar-refractivity contribution < 1.29 is 5.11 Å². The van der Waals surface area contributed by atoms with Crippen LogP contribution in [0.15, 0.2) is 43.0 Å². The summed E-state index contributed by atoms with van der Waals surface area (Å²) < 4.78 is 0. The maximum absolute atomic E-state index is 9.89. The number of hydrogen-bond acceptors (Lipinski definition) is 1. The molecule has 0 aliphatic rings. The van der Waals surface area contributed by atoms with Crippen molar-refractivity contribution in [3.63, 3.8) is 0 Å². The predicted octanol–water partition coefficient (Wildman–Crippen LogP) is 3.12. The fourth-order valence-corrected chi connectivity index (χ4v) is 1.77. The molecule has 0 aromatic heterocycles. The standard InChI is InChI=1S/C13H18O/c1-3-8-13(14)12(4-2)11-9-6-5-7-10-11/h3,5-7,9-10,12-14H,1,4,8H2,2H3/t12-,13-/m1/s1. The van der Waals surface area contributed by atoms with Gasteiger partial charge in [-0.2, -0.15) is 0 Å². The Morgan fingerprint density at radius 2 is 2.00 bits per heavy atom. The second-order valence-electron chi connectivity index (χ2n) is 3.52. The molecular formula is C13H18O. The highest BCUT2D eigenvalue weighted by molar-refractivity contribution is 5.20. The van der Waals surface area contributed by atoms with E-state index in [-0.39, 0.29) is 12.0 Å². The summed E-state index contributed by atoms with van der Waals surface area (Å²) >= 11 is 0. The number of rotatable bonds is 5. The Morgan fingerprint density at radius 1 is 1.36 bits per heavy atom. The van der Waals surface area contributed by atoms with Gasteiger partial charge in [0.05, 0.1) is 6.10 Å². The van der Waals surface area contributed by atoms with Gasteiger partial charge < -0.3 is 5.11 Å². The molecule has 1 nitrogen and oxygen atoms in total. The summed E-state index contributed by atoms with van der Waals surface area (Å²) in [6, 6.07) is 10.2. The molecule has 0 unspecified atom stereocenters. The van der Waals surface area contributed by atoms with Gasteiger partial charge in [0.15, 0.2) is 0 Å². The van der Waals surface area contributed by atoms with Crippen LogP contribution in [0.1, 0.15) is 31.2 Å². The Bertz CT molecular complexity index is 266. The van der Waals surface area contributed by atoms with Crippen LogP contribution in [0.3, 0.4) is 0 Å². The van der Waals surface area contributed by atoms with Gasteiger partial charge in [0.1, 0.15) is 0 Å². The van der Waals surface area contributed by atoms with Crippen LogP contribution in [0, 0.1) is 0 Å². The van der Waals surface area contributed by atoms with Crippen LogP contribution in [0.25, 0.3) is 0 Å². The molecular weight excluding hydrogens is 172 g/mol. The highest BCUT2D eigenvalue weighted by Crippen LogP contribution is 2.24. The molecule has 0 amide bonds. The van der Waals surface area contributed by atoms with E-state index in [0.717, 1.165) is 6.42 Å².